The molecule has 2 aromatic carbocycles. The third-order valence-corrected chi connectivity index (χ3v) is 4.93. The first-order valence-corrected chi connectivity index (χ1v) is 9.65. The van der Waals surface area contributed by atoms with Crippen LogP contribution in [0.25, 0.3) is 0 Å². The zero-order valence-electron chi connectivity index (χ0n) is 16.4. The van der Waals surface area contributed by atoms with Crippen molar-refractivity contribution in [3.05, 3.63) is 59.4 Å². The SMILES string of the molecule is CCC1CN(CCNC(=O)Cc2ccccc2F)Cc2cc(OC)ccc2O1. The van der Waals surface area contributed by atoms with Gasteiger partial charge in [0.2, 0.25) is 5.91 Å². The van der Waals surface area contributed by atoms with Crippen molar-refractivity contribution < 1.29 is 18.7 Å². The molecule has 3 rings (SSSR count). The normalized spacial score (nSPS) is 16.6. The Morgan fingerprint density at radius 3 is 2.89 bits per heavy atom. The van der Waals surface area contributed by atoms with Crippen molar-refractivity contribution in [3.63, 3.8) is 0 Å². The summed E-state index contributed by atoms with van der Waals surface area (Å²) in [5.41, 5.74) is 1.49. The quantitative estimate of drug-likeness (QED) is 0.794. The number of benzene rings is 2. The lowest BCUT2D eigenvalue weighted by atomic mass is 10.1. The molecule has 1 N–H and O–H groups in total. The van der Waals surface area contributed by atoms with Crippen LogP contribution in [0.1, 0.15) is 24.5 Å². The highest BCUT2D eigenvalue weighted by molar-refractivity contribution is 5.78. The Bertz CT molecular complexity index is 812. The molecule has 1 amide bonds. The number of carbonyl (C=O) groups is 1. The van der Waals surface area contributed by atoms with Crippen LogP contribution < -0.4 is 14.8 Å². The fourth-order valence-corrected chi connectivity index (χ4v) is 3.35. The van der Waals surface area contributed by atoms with E-state index < -0.39 is 0 Å². The number of rotatable bonds is 7. The molecule has 0 saturated carbocycles. The predicted octanol–water partition coefficient (Wildman–Crippen LogP) is 3.17. The summed E-state index contributed by atoms with van der Waals surface area (Å²) in [7, 11) is 1.65. The summed E-state index contributed by atoms with van der Waals surface area (Å²) in [6, 6.07) is 12.2. The summed E-state index contributed by atoms with van der Waals surface area (Å²) in [6.45, 7) is 4.82. The number of methoxy groups -OCH3 is 1. The Kier molecular flexibility index (Phi) is 6.87. The second-order valence-electron chi connectivity index (χ2n) is 6.98. The van der Waals surface area contributed by atoms with Gasteiger partial charge < -0.3 is 14.8 Å². The molecule has 1 unspecified atom stereocenters. The number of amides is 1. The van der Waals surface area contributed by atoms with Gasteiger partial charge >= 0.3 is 0 Å². The monoisotopic (exact) mass is 386 g/mol. The smallest absolute Gasteiger partial charge is 0.224 e. The molecule has 28 heavy (non-hydrogen) atoms. The Hall–Kier alpha value is -2.60. The van der Waals surface area contributed by atoms with E-state index in [0.29, 0.717) is 18.7 Å². The van der Waals surface area contributed by atoms with E-state index in [4.69, 9.17) is 9.47 Å². The van der Waals surface area contributed by atoms with E-state index in [0.717, 1.165) is 36.6 Å². The number of ether oxygens (including phenoxy) is 2. The van der Waals surface area contributed by atoms with Crippen molar-refractivity contribution in [1.82, 2.24) is 10.2 Å². The minimum atomic E-state index is -0.348. The molecule has 150 valence electrons. The second kappa shape index (κ2) is 9.55. The van der Waals surface area contributed by atoms with Crippen LogP contribution in [0, 0.1) is 5.82 Å². The molecule has 1 aliphatic rings. The van der Waals surface area contributed by atoms with Gasteiger partial charge in [-0.3, -0.25) is 9.69 Å². The number of hydrogen-bond donors (Lipinski definition) is 1. The third kappa shape index (κ3) is 5.23. The zero-order valence-corrected chi connectivity index (χ0v) is 16.4. The summed E-state index contributed by atoms with van der Waals surface area (Å²) in [5, 5.41) is 2.89. The first-order chi connectivity index (χ1) is 13.6. The fourth-order valence-electron chi connectivity index (χ4n) is 3.35. The molecule has 2 aromatic rings. The van der Waals surface area contributed by atoms with Gasteiger partial charge in [0, 0.05) is 31.7 Å². The third-order valence-electron chi connectivity index (χ3n) is 4.93. The van der Waals surface area contributed by atoms with Crippen LogP contribution in [0.2, 0.25) is 0 Å². The van der Waals surface area contributed by atoms with Crippen LogP contribution in [0.15, 0.2) is 42.5 Å². The van der Waals surface area contributed by atoms with Gasteiger partial charge in [-0.15, -0.1) is 0 Å². The maximum Gasteiger partial charge on any atom is 0.224 e. The summed E-state index contributed by atoms with van der Waals surface area (Å²) >= 11 is 0. The van der Waals surface area contributed by atoms with Gasteiger partial charge in [0.05, 0.1) is 13.5 Å². The molecule has 0 radical (unpaired) electrons. The van der Waals surface area contributed by atoms with Gasteiger partial charge in [-0.2, -0.15) is 0 Å². The number of hydrogen-bond acceptors (Lipinski definition) is 4. The zero-order chi connectivity index (χ0) is 19.9. The molecule has 5 nitrogen and oxygen atoms in total. The molecule has 0 aromatic heterocycles. The van der Waals surface area contributed by atoms with E-state index in [9.17, 15) is 9.18 Å². The number of halogens is 1. The average Bonchev–Trinajstić information content (AvgIpc) is 2.87. The molecular weight excluding hydrogens is 359 g/mol. The van der Waals surface area contributed by atoms with Crippen LogP contribution in [-0.4, -0.2) is 43.7 Å². The van der Waals surface area contributed by atoms with Crippen molar-refractivity contribution in [3.8, 4) is 11.5 Å². The summed E-state index contributed by atoms with van der Waals surface area (Å²) in [5.74, 6) is 1.16. The second-order valence-corrected chi connectivity index (χ2v) is 6.98. The van der Waals surface area contributed by atoms with Crippen molar-refractivity contribution in [2.75, 3.05) is 26.7 Å². The topological polar surface area (TPSA) is 50.8 Å². The predicted molar refractivity (Wildman–Crippen MR) is 106 cm³/mol. The number of nitrogens with zero attached hydrogens (tertiary/aromatic N) is 1. The number of nitrogens with one attached hydrogen (secondary N) is 1. The van der Waals surface area contributed by atoms with Crippen molar-refractivity contribution in [1.29, 1.82) is 0 Å². The highest BCUT2D eigenvalue weighted by Crippen LogP contribution is 2.29. The fraction of sp³-hybridized carbons (Fsp3) is 0.409. The lowest BCUT2D eigenvalue weighted by molar-refractivity contribution is -0.120. The van der Waals surface area contributed by atoms with E-state index in [2.05, 4.69) is 17.1 Å². The summed E-state index contributed by atoms with van der Waals surface area (Å²) in [4.78, 5) is 14.4. The van der Waals surface area contributed by atoms with Gasteiger partial charge in [-0.1, -0.05) is 25.1 Å². The molecule has 0 spiro atoms. The van der Waals surface area contributed by atoms with Crippen LogP contribution in [0.3, 0.4) is 0 Å². The molecule has 1 aliphatic heterocycles. The summed E-state index contributed by atoms with van der Waals surface area (Å²) < 4.78 is 25.1. The Balaban J connectivity index is 1.57. The van der Waals surface area contributed by atoms with Gasteiger partial charge in [-0.25, -0.2) is 4.39 Å². The van der Waals surface area contributed by atoms with Gasteiger partial charge in [0.1, 0.15) is 23.4 Å². The first kappa shape index (κ1) is 20.1. The molecule has 1 heterocycles. The van der Waals surface area contributed by atoms with Gasteiger partial charge in [0.25, 0.3) is 0 Å². The largest absolute Gasteiger partial charge is 0.497 e. The van der Waals surface area contributed by atoms with E-state index in [-0.39, 0.29) is 24.2 Å². The van der Waals surface area contributed by atoms with E-state index in [1.165, 1.54) is 6.07 Å². The molecule has 0 fully saturated rings. The lowest BCUT2D eigenvalue weighted by Gasteiger charge is -2.23. The standard InChI is InChI=1S/C22H27FN2O3/c1-3-18-15-25(14-17-12-19(27-2)8-9-21(17)28-18)11-10-24-22(26)13-16-6-4-5-7-20(16)23/h4-9,12,18H,3,10-11,13-15H2,1-2H3,(H,24,26). The minimum Gasteiger partial charge on any atom is -0.497 e. The molecule has 1 atom stereocenters. The Labute approximate surface area is 165 Å². The lowest BCUT2D eigenvalue weighted by Crippen LogP contribution is -2.38. The molecule has 6 heteroatoms. The average molecular weight is 386 g/mol. The van der Waals surface area contributed by atoms with Crippen molar-refractivity contribution in [2.45, 2.75) is 32.4 Å². The first-order valence-electron chi connectivity index (χ1n) is 9.65. The van der Waals surface area contributed by atoms with Crippen LogP contribution >= 0.6 is 0 Å². The molecule has 0 saturated heterocycles. The highest BCUT2D eigenvalue weighted by atomic mass is 19.1. The Morgan fingerprint density at radius 1 is 1.32 bits per heavy atom. The maximum absolute atomic E-state index is 13.7. The molecular formula is C22H27FN2O3. The Morgan fingerprint density at radius 2 is 2.14 bits per heavy atom. The van der Waals surface area contributed by atoms with Crippen molar-refractivity contribution in [2.24, 2.45) is 0 Å². The van der Waals surface area contributed by atoms with Gasteiger partial charge in [0.15, 0.2) is 0 Å². The maximum atomic E-state index is 13.7. The van der Waals surface area contributed by atoms with Crippen LogP contribution in [0.4, 0.5) is 4.39 Å². The van der Waals surface area contributed by atoms with Gasteiger partial charge in [-0.05, 0) is 36.2 Å². The van der Waals surface area contributed by atoms with Crippen molar-refractivity contribution >= 4 is 5.91 Å². The van der Waals surface area contributed by atoms with E-state index in [1.807, 2.05) is 18.2 Å². The highest BCUT2D eigenvalue weighted by Gasteiger charge is 2.22. The van der Waals surface area contributed by atoms with E-state index >= 15 is 0 Å². The minimum absolute atomic E-state index is 0.0490. The number of carbonyl (C=O) groups excluding carboxylic acids is 1. The van der Waals surface area contributed by atoms with Crippen LogP contribution in [0.5, 0.6) is 11.5 Å². The number of fused-ring (bicyclic) bond motifs is 1. The molecule has 0 aliphatic carbocycles. The van der Waals surface area contributed by atoms with Crippen LogP contribution in [-0.2, 0) is 17.8 Å². The van der Waals surface area contributed by atoms with E-state index in [1.54, 1.807) is 25.3 Å². The molecule has 0 bridgehead atoms. The summed E-state index contributed by atoms with van der Waals surface area (Å²) in [6.07, 6.45) is 1.05.